The highest BCUT2D eigenvalue weighted by molar-refractivity contribution is 8.22. The number of hydrogen-bond acceptors (Lipinski definition) is 7. The standard InChI is InChI=1S/C24H34N2O5S2/c1-4-6-13-24(5-2)17-26(18-10-8-7-9-11-18)19-15-21(32-3)20(31-14-12-23(27)28)16-22(19)33(29,30)25-24/h7-11,15-16,25,29-30H,4-6,12-14,17H2,1-3H3,(H,27,28)/t24-/m1/s1. The van der Waals surface area contributed by atoms with Gasteiger partial charge in [-0.3, -0.25) is 13.9 Å². The van der Waals surface area contributed by atoms with Crippen LogP contribution in [0.2, 0.25) is 0 Å². The van der Waals surface area contributed by atoms with Gasteiger partial charge in [-0.1, -0.05) is 44.9 Å². The highest BCUT2D eigenvalue weighted by Crippen LogP contribution is 2.57. The normalized spacial score (nSPS) is 20.6. The molecule has 7 nitrogen and oxygen atoms in total. The maximum absolute atomic E-state index is 11.4. The molecular formula is C24H34N2O5S2. The van der Waals surface area contributed by atoms with E-state index in [2.05, 4.69) is 23.5 Å². The number of unbranched alkanes of at least 4 members (excludes halogenated alkanes) is 1. The molecule has 0 amide bonds. The summed E-state index contributed by atoms with van der Waals surface area (Å²) < 4.78 is 31.8. The summed E-state index contributed by atoms with van der Waals surface area (Å²) in [5, 5.41) is 8.97. The van der Waals surface area contributed by atoms with Crippen molar-refractivity contribution in [2.45, 2.75) is 61.3 Å². The molecule has 3 rings (SSSR count). The van der Waals surface area contributed by atoms with E-state index in [4.69, 9.17) is 9.84 Å². The van der Waals surface area contributed by atoms with Crippen LogP contribution in [0.5, 0.6) is 5.75 Å². The van der Waals surface area contributed by atoms with Gasteiger partial charge in [0, 0.05) is 18.3 Å². The Bertz CT molecular complexity index is 957. The van der Waals surface area contributed by atoms with Crippen LogP contribution in [-0.4, -0.2) is 45.1 Å². The Morgan fingerprint density at radius 2 is 1.97 bits per heavy atom. The minimum Gasteiger partial charge on any atom is -0.492 e. The van der Waals surface area contributed by atoms with E-state index in [-0.39, 0.29) is 13.0 Å². The summed E-state index contributed by atoms with van der Waals surface area (Å²) in [7, 11) is -3.36. The Balaban J connectivity index is 2.16. The first kappa shape index (κ1) is 25.7. The monoisotopic (exact) mass is 494 g/mol. The van der Waals surface area contributed by atoms with Gasteiger partial charge in [0.15, 0.2) is 0 Å². The zero-order valence-corrected chi connectivity index (χ0v) is 21.0. The van der Waals surface area contributed by atoms with E-state index in [9.17, 15) is 13.9 Å². The number of benzene rings is 2. The number of fused-ring (bicyclic) bond motifs is 1. The summed E-state index contributed by atoms with van der Waals surface area (Å²) in [6.07, 6.45) is 5.31. The number of para-hydroxylation sites is 1. The van der Waals surface area contributed by atoms with Gasteiger partial charge in [0.05, 0.1) is 29.1 Å². The second-order valence-corrected chi connectivity index (χ2v) is 10.9. The lowest BCUT2D eigenvalue weighted by Crippen LogP contribution is -2.51. The molecule has 9 heteroatoms. The third-order valence-corrected chi connectivity index (χ3v) is 8.41. The van der Waals surface area contributed by atoms with E-state index in [1.54, 1.807) is 6.07 Å². The van der Waals surface area contributed by atoms with Crippen molar-refractivity contribution in [3.8, 4) is 5.75 Å². The molecule has 0 fully saturated rings. The van der Waals surface area contributed by atoms with Crippen molar-refractivity contribution in [1.82, 2.24) is 4.72 Å². The van der Waals surface area contributed by atoms with Gasteiger partial charge in [-0.25, -0.2) is 4.72 Å². The van der Waals surface area contributed by atoms with Crippen LogP contribution in [-0.2, 0) is 4.79 Å². The molecule has 0 saturated heterocycles. The number of carboxylic acids is 1. The molecule has 2 aromatic rings. The van der Waals surface area contributed by atoms with Crippen LogP contribution in [0, 0.1) is 0 Å². The average molecular weight is 495 g/mol. The van der Waals surface area contributed by atoms with Crippen molar-refractivity contribution < 1.29 is 23.7 Å². The van der Waals surface area contributed by atoms with Crippen molar-refractivity contribution in [2.75, 3.05) is 24.3 Å². The predicted octanol–water partition coefficient (Wildman–Crippen LogP) is 6.37. The Morgan fingerprint density at radius 3 is 2.58 bits per heavy atom. The van der Waals surface area contributed by atoms with Gasteiger partial charge in [0.1, 0.15) is 10.6 Å². The quantitative estimate of drug-likeness (QED) is 0.283. The van der Waals surface area contributed by atoms with Crippen LogP contribution in [0.3, 0.4) is 0 Å². The topological polar surface area (TPSA) is 102 Å². The predicted molar refractivity (Wildman–Crippen MR) is 136 cm³/mol. The second kappa shape index (κ2) is 11.0. The highest BCUT2D eigenvalue weighted by atomic mass is 32.3. The Labute approximate surface area is 202 Å². The van der Waals surface area contributed by atoms with Gasteiger partial charge in [0.2, 0.25) is 0 Å². The van der Waals surface area contributed by atoms with Crippen molar-refractivity contribution in [3.63, 3.8) is 0 Å². The van der Waals surface area contributed by atoms with Gasteiger partial charge in [-0.2, -0.15) is 0 Å². The molecule has 1 atom stereocenters. The first-order valence-corrected chi connectivity index (χ1v) is 14.0. The molecule has 0 saturated carbocycles. The summed E-state index contributed by atoms with van der Waals surface area (Å²) >= 11 is 1.48. The zero-order valence-electron chi connectivity index (χ0n) is 19.4. The lowest BCUT2D eigenvalue weighted by molar-refractivity contribution is -0.137. The largest absolute Gasteiger partial charge is 0.492 e. The summed E-state index contributed by atoms with van der Waals surface area (Å²) in [5.41, 5.74) is 1.20. The van der Waals surface area contributed by atoms with E-state index in [1.165, 1.54) is 11.8 Å². The van der Waals surface area contributed by atoms with Crippen LogP contribution in [0.25, 0.3) is 0 Å². The number of ether oxygens (including phenoxy) is 1. The molecule has 1 heterocycles. The maximum atomic E-state index is 11.4. The Morgan fingerprint density at radius 1 is 1.24 bits per heavy atom. The molecule has 0 aromatic heterocycles. The maximum Gasteiger partial charge on any atom is 0.306 e. The van der Waals surface area contributed by atoms with E-state index < -0.39 is 22.3 Å². The number of aliphatic carboxylic acids is 1. The minimum atomic E-state index is -3.36. The fourth-order valence-electron chi connectivity index (χ4n) is 4.11. The van der Waals surface area contributed by atoms with E-state index in [0.29, 0.717) is 17.2 Å². The average Bonchev–Trinajstić information content (AvgIpc) is 2.90. The summed E-state index contributed by atoms with van der Waals surface area (Å²) in [6, 6.07) is 13.5. The third-order valence-electron chi connectivity index (χ3n) is 5.99. The first-order valence-electron chi connectivity index (χ1n) is 11.2. The molecule has 4 N–H and O–H groups in total. The summed E-state index contributed by atoms with van der Waals surface area (Å²) in [4.78, 5) is 14.3. The van der Waals surface area contributed by atoms with Gasteiger partial charge in [-0.15, -0.1) is 22.5 Å². The summed E-state index contributed by atoms with van der Waals surface area (Å²) in [6.45, 7) is 4.80. The summed E-state index contributed by atoms with van der Waals surface area (Å²) in [5.74, 6) is -0.491. The van der Waals surface area contributed by atoms with E-state index in [1.807, 2.05) is 42.7 Å². The lowest BCUT2D eigenvalue weighted by atomic mass is 9.89. The number of thioether (sulfide) groups is 1. The third kappa shape index (κ3) is 5.96. The van der Waals surface area contributed by atoms with E-state index >= 15 is 0 Å². The second-order valence-electron chi connectivity index (χ2n) is 8.27. The zero-order chi connectivity index (χ0) is 24.1. The van der Waals surface area contributed by atoms with Gasteiger partial charge >= 0.3 is 5.97 Å². The van der Waals surface area contributed by atoms with Gasteiger partial charge < -0.3 is 14.7 Å². The Kier molecular flexibility index (Phi) is 8.58. The molecule has 0 radical (unpaired) electrons. The molecule has 0 spiro atoms. The molecule has 1 aliphatic rings. The Hall–Kier alpha value is -1.91. The van der Waals surface area contributed by atoms with Crippen LogP contribution in [0.15, 0.2) is 52.3 Å². The smallest absolute Gasteiger partial charge is 0.306 e. The van der Waals surface area contributed by atoms with Crippen molar-refractivity contribution in [1.29, 1.82) is 0 Å². The molecule has 1 aliphatic heterocycles. The SMILES string of the molecule is CCCC[C@]1(CC)CN(c2ccccc2)c2cc(SC)c(OCCC(=O)O)cc2S(O)(O)N1. The molecule has 0 aliphatic carbocycles. The number of nitrogens with one attached hydrogen (secondary N) is 1. The molecule has 0 unspecified atom stereocenters. The van der Waals surface area contributed by atoms with E-state index in [0.717, 1.165) is 42.0 Å². The molecule has 2 aromatic carbocycles. The number of carboxylic acid groups (broad SMARTS) is 1. The van der Waals surface area contributed by atoms with Gasteiger partial charge in [-0.05, 0) is 37.3 Å². The highest BCUT2D eigenvalue weighted by Gasteiger charge is 2.41. The van der Waals surface area contributed by atoms with Crippen molar-refractivity contribution >= 4 is 39.9 Å². The molecule has 33 heavy (non-hydrogen) atoms. The van der Waals surface area contributed by atoms with Crippen molar-refractivity contribution in [3.05, 3.63) is 42.5 Å². The number of nitrogens with zero attached hydrogens (tertiary/aromatic N) is 1. The number of carbonyl (C=O) groups is 1. The molecule has 182 valence electrons. The molecular weight excluding hydrogens is 460 g/mol. The van der Waals surface area contributed by atoms with Crippen LogP contribution < -0.4 is 14.4 Å². The molecule has 0 bridgehead atoms. The number of hydrogen-bond donors (Lipinski definition) is 4. The number of rotatable bonds is 10. The number of anilines is 2. The lowest BCUT2D eigenvalue weighted by Gasteiger charge is -2.42. The fourth-order valence-corrected chi connectivity index (χ4v) is 6.42. The fraction of sp³-hybridized carbons (Fsp3) is 0.458. The van der Waals surface area contributed by atoms with Crippen molar-refractivity contribution in [2.24, 2.45) is 0 Å². The van der Waals surface area contributed by atoms with Gasteiger partial charge in [0.25, 0.3) is 0 Å². The van der Waals surface area contributed by atoms with Crippen LogP contribution in [0.4, 0.5) is 11.4 Å². The first-order chi connectivity index (χ1) is 15.7. The van der Waals surface area contributed by atoms with Crippen LogP contribution >= 0.6 is 22.5 Å². The minimum absolute atomic E-state index is 0.00605. The van der Waals surface area contributed by atoms with Crippen LogP contribution in [0.1, 0.15) is 46.0 Å².